The van der Waals surface area contributed by atoms with Gasteiger partial charge in [0.2, 0.25) is 0 Å². The summed E-state index contributed by atoms with van der Waals surface area (Å²) in [6.07, 6.45) is 2.80. The van der Waals surface area contributed by atoms with E-state index in [1.54, 1.807) is 0 Å². The van der Waals surface area contributed by atoms with Gasteiger partial charge in [0.05, 0.1) is 6.10 Å². The van der Waals surface area contributed by atoms with Crippen LogP contribution in [0.5, 0.6) is 0 Å². The number of carbonyl (C=O) groups excluding carboxylic acids is 1. The molecular weight excluding hydrogens is 176 g/mol. The van der Waals surface area contributed by atoms with E-state index in [9.17, 15) is 4.79 Å². The van der Waals surface area contributed by atoms with Gasteiger partial charge in [0.1, 0.15) is 0 Å². The van der Waals surface area contributed by atoms with Crippen LogP contribution in [-0.4, -0.2) is 18.5 Å². The van der Waals surface area contributed by atoms with Gasteiger partial charge in [0.15, 0.2) is 5.78 Å². The molecule has 0 aliphatic carbocycles. The van der Waals surface area contributed by atoms with Crippen LogP contribution in [0.3, 0.4) is 0 Å². The quantitative estimate of drug-likeness (QED) is 0.684. The summed E-state index contributed by atoms with van der Waals surface area (Å²) >= 11 is 0. The Hall–Kier alpha value is -1.15. The van der Waals surface area contributed by atoms with Crippen LogP contribution in [0.4, 0.5) is 0 Å². The van der Waals surface area contributed by atoms with Gasteiger partial charge in [0.25, 0.3) is 0 Å². The van der Waals surface area contributed by atoms with E-state index < -0.39 is 0 Å². The zero-order chi connectivity index (χ0) is 9.80. The minimum absolute atomic E-state index is 0.155. The van der Waals surface area contributed by atoms with Crippen LogP contribution in [0.25, 0.3) is 0 Å². The predicted molar refractivity (Wildman–Crippen MR) is 54.4 cm³/mol. The molecule has 0 radical (unpaired) electrons. The van der Waals surface area contributed by atoms with Crippen molar-refractivity contribution in [2.45, 2.75) is 25.4 Å². The molecule has 1 saturated heterocycles. The van der Waals surface area contributed by atoms with Crippen molar-refractivity contribution >= 4 is 5.78 Å². The molecule has 0 bridgehead atoms. The average molecular weight is 190 g/mol. The molecule has 1 aromatic rings. The van der Waals surface area contributed by atoms with E-state index in [-0.39, 0.29) is 11.9 Å². The monoisotopic (exact) mass is 190 g/mol. The molecule has 0 N–H and O–H groups in total. The molecule has 1 heterocycles. The van der Waals surface area contributed by atoms with Crippen LogP contribution < -0.4 is 0 Å². The summed E-state index contributed by atoms with van der Waals surface area (Å²) in [7, 11) is 0. The van der Waals surface area contributed by atoms with Crippen molar-refractivity contribution in [1.82, 2.24) is 0 Å². The molecule has 0 unspecified atom stereocenters. The van der Waals surface area contributed by atoms with Gasteiger partial charge in [-0.2, -0.15) is 0 Å². The van der Waals surface area contributed by atoms with Crippen molar-refractivity contribution < 1.29 is 9.53 Å². The van der Waals surface area contributed by atoms with E-state index in [2.05, 4.69) is 0 Å². The highest BCUT2D eigenvalue weighted by molar-refractivity contribution is 5.96. The fourth-order valence-electron chi connectivity index (χ4n) is 1.75. The molecule has 1 aromatic carbocycles. The zero-order valence-corrected chi connectivity index (χ0v) is 8.11. The minimum Gasteiger partial charge on any atom is -0.378 e. The molecule has 0 aromatic heterocycles. The van der Waals surface area contributed by atoms with Crippen LogP contribution in [-0.2, 0) is 4.74 Å². The minimum atomic E-state index is 0.155. The third-order valence-electron chi connectivity index (χ3n) is 2.53. The molecule has 1 atom stereocenters. The molecule has 0 amide bonds. The lowest BCUT2D eigenvalue weighted by molar-refractivity contribution is 0.0775. The summed E-state index contributed by atoms with van der Waals surface area (Å²) in [5, 5.41) is 0. The first-order valence-electron chi connectivity index (χ1n) is 5.06. The number of carbonyl (C=O) groups is 1. The van der Waals surface area contributed by atoms with Crippen molar-refractivity contribution in [2.24, 2.45) is 0 Å². The summed E-state index contributed by atoms with van der Waals surface area (Å²) in [5.74, 6) is 0.192. The van der Waals surface area contributed by atoms with Gasteiger partial charge in [-0.25, -0.2) is 0 Å². The van der Waals surface area contributed by atoms with Crippen LogP contribution >= 0.6 is 0 Å². The number of Topliss-reactive ketones (excluding diaryl/α,β-unsaturated/α-hetero) is 1. The first-order valence-corrected chi connectivity index (χ1v) is 5.06. The second-order valence-corrected chi connectivity index (χ2v) is 3.63. The molecule has 2 rings (SSSR count). The zero-order valence-electron chi connectivity index (χ0n) is 8.11. The average Bonchev–Trinajstić information content (AvgIpc) is 2.72. The van der Waals surface area contributed by atoms with E-state index >= 15 is 0 Å². The SMILES string of the molecule is O=C(C[C@H]1CCCO1)c1ccccc1. The fraction of sp³-hybridized carbons (Fsp3) is 0.417. The van der Waals surface area contributed by atoms with Gasteiger partial charge >= 0.3 is 0 Å². The van der Waals surface area contributed by atoms with Gasteiger partial charge in [-0.1, -0.05) is 30.3 Å². The Morgan fingerprint density at radius 2 is 2.14 bits per heavy atom. The van der Waals surface area contributed by atoms with E-state index in [1.807, 2.05) is 30.3 Å². The lowest BCUT2D eigenvalue weighted by Gasteiger charge is -2.07. The Balaban J connectivity index is 1.95. The molecule has 2 nitrogen and oxygen atoms in total. The first-order chi connectivity index (χ1) is 6.86. The maximum Gasteiger partial charge on any atom is 0.165 e. The van der Waals surface area contributed by atoms with Crippen LogP contribution in [0.15, 0.2) is 30.3 Å². The second kappa shape index (κ2) is 4.38. The highest BCUT2D eigenvalue weighted by Crippen LogP contribution is 2.17. The molecule has 14 heavy (non-hydrogen) atoms. The number of benzene rings is 1. The maximum atomic E-state index is 11.7. The Morgan fingerprint density at radius 3 is 2.79 bits per heavy atom. The van der Waals surface area contributed by atoms with Crippen molar-refractivity contribution in [3.63, 3.8) is 0 Å². The molecule has 2 heteroatoms. The van der Waals surface area contributed by atoms with Gasteiger partial charge in [-0.3, -0.25) is 4.79 Å². The van der Waals surface area contributed by atoms with Crippen molar-refractivity contribution in [1.29, 1.82) is 0 Å². The topological polar surface area (TPSA) is 26.3 Å². The largest absolute Gasteiger partial charge is 0.378 e. The summed E-state index contributed by atoms with van der Waals surface area (Å²) in [5.41, 5.74) is 0.794. The van der Waals surface area contributed by atoms with Gasteiger partial charge in [0, 0.05) is 18.6 Å². The maximum absolute atomic E-state index is 11.7. The number of hydrogen-bond acceptors (Lipinski definition) is 2. The fourth-order valence-corrected chi connectivity index (χ4v) is 1.75. The Kier molecular flexibility index (Phi) is 2.94. The lowest BCUT2D eigenvalue weighted by atomic mass is 10.0. The molecule has 1 aliphatic heterocycles. The van der Waals surface area contributed by atoms with Crippen LogP contribution in [0, 0.1) is 0 Å². The second-order valence-electron chi connectivity index (χ2n) is 3.63. The molecule has 1 aliphatic rings. The highest BCUT2D eigenvalue weighted by atomic mass is 16.5. The van der Waals surface area contributed by atoms with E-state index in [1.165, 1.54) is 0 Å². The van der Waals surface area contributed by atoms with Crippen molar-refractivity contribution in [2.75, 3.05) is 6.61 Å². The summed E-state index contributed by atoms with van der Waals surface area (Å²) in [6, 6.07) is 9.42. The summed E-state index contributed by atoms with van der Waals surface area (Å²) in [6.45, 7) is 0.812. The van der Waals surface area contributed by atoms with Crippen LogP contribution in [0.1, 0.15) is 29.6 Å². The Labute approximate surface area is 83.9 Å². The molecule has 74 valence electrons. The van der Waals surface area contributed by atoms with Gasteiger partial charge in [-0.15, -0.1) is 0 Å². The number of hydrogen-bond donors (Lipinski definition) is 0. The Morgan fingerprint density at radius 1 is 1.36 bits per heavy atom. The number of ketones is 1. The first kappa shape index (κ1) is 9.41. The molecule has 0 spiro atoms. The van der Waals surface area contributed by atoms with E-state index in [0.717, 1.165) is 25.0 Å². The van der Waals surface area contributed by atoms with Crippen molar-refractivity contribution in [3.05, 3.63) is 35.9 Å². The highest BCUT2D eigenvalue weighted by Gasteiger charge is 2.19. The normalized spacial score (nSPS) is 21.0. The third kappa shape index (κ3) is 2.20. The third-order valence-corrected chi connectivity index (χ3v) is 2.53. The molecule has 0 saturated carbocycles. The Bertz CT molecular complexity index is 299. The van der Waals surface area contributed by atoms with Gasteiger partial charge in [-0.05, 0) is 12.8 Å². The van der Waals surface area contributed by atoms with Crippen molar-refractivity contribution in [3.8, 4) is 0 Å². The smallest absolute Gasteiger partial charge is 0.165 e. The summed E-state index contributed by atoms with van der Waals surface area (Å²) in [4.78, 5) is 11.7. The van der Waals surface area contributed by atoms with Crippen LogP contribution in [0.2, 0.25) is 0 Å². The lowest BCUT2D eigenvalue weighted by Crippen LogP contribution is -2.12. The predicted octanol–water partition coefficient (Wildman–Crippen LogP) is 2.44. The molecule has 1 fully saturated rings. The van der Waals surface area contributed by atoms with E-state index in [4.69, 9.17) is 4.74 Å². The summed E-state index contributed by atoms with van der Waals surface area (Å²) < 4.78 is 5.42. The van der Waals surface area contributed by atoms with Gasteiger partial charge < -0.3 is 4.74 Å². The number of ether oxygens (including phenoxy) is 1. The van der Waals surface area contributed by atoms with E-state index in [0.29, 0.717) is 6.42 Å². The number of rotatable bonds is 3. The molecular formula is C12H14O2. The standard InChI is InChI=1S/C12H14O2/c13-12(9-11-7-4-8-14-11)10-5-2-1-3-6-10/h1-3,5-6,11H,4,7-9H2/t11-/m1/s1.